The molecular formula is C13H16ClN3O. The van der Waals surface area contributed by atoms with E-state index in [1.165, 1.54) is 0 Å². The average Bonchev–Trinajstić information content (AvgIpc) is 2.91. The molecule has 1 aliphatic carbocycles. The Morgan fingerprint density at radius 3 is 3.00 bits per heavy atom. The van der Waals surface area contributed by atoms with E-state index in [1.54, 1.807) is 7.11 Å². The van der Waals surface area contributed by atoms with Crippen molar-refractivity contribution in [1.29, 1.82) is 0 Å². The lowest BCUT2D eigenvalue weighted by Gasteiger charge is -2.15. The second-order valence-corrected chi connectivity index (χ2v) is 5.23. The predicted molar refractivity (Wildman–Crippen MR) is 72.8 cm³/mol. The molecule has 0 amide bonds. The van der Waals surface area contributed by atoms with Crippen molar-refractivity contribution in [2.45, 2.75) is 31.4 Å². The summed E-state index contributed by atoms with van der Waals surface area (Å²) in [5.41, 5.74) is 7.95. The van der Waals surface area contributed by atoms with Gasteiger partial charge in [-0.1, -0.05) is 11.6 Å². The van der Waals surface area contributed by atoms with Gasteiger partial charge < -0.3 is 15.0 Å². The molecule has 3 rings (SSSR count). The van der Waals surface area contributed by atoms with E-state index in [1.807, 2.05) is 18.2 Å². The maximum Gasteiger partial charge on any atom is 0.201 e. The molecule has 18 heavy (non-hydrogen) atoms. The Morgan fingerprint density at radius 1 is 1.44 bits per heavy atom. The van der Waals surface area contributed by atoms with Crippen LogP contribution in [0.4, 0.5) is 5.95 Å². The summed E-state index contributed by atoms with van der Waals surface area (Å²) in [5, 5.41) is 0.688. The fraction of sp³-hybridized carbons (Fsp3) is 0.462. The number of hydrogen-bond donors (Lipinski definition) is 1. The third kappa shape index (κ3) is 1.85. The summed E-state index contributed by atoms with van der Waals surface area (Å²) in [6.45, 7) is 0. The van der Waals surface area contributed by atoms with E-state index in [2.05, 4.69) is 9.55 Å². The van der Waals surface area contributed by atoms with Crippen molar-refractivity contribution < 1.29 is 4.74 Å². The topological polar surface area (TPSA) is 53.1 Å². The molecular weight excluding hydrogens is 250 g/mol. The zero-order valence-electron chi connectivity index (χ0n) is 10.3. The van der Waals surface area contributed by atoms with E-state index in [0.29, 0.717) is 23.1 Å². The highest BCUT2D eigenvalue weighted by molar-refractivity contribution is 6.31. The number of ether oxygens (including phenoxy) is 1. The molecule has 1 aromatic carbocycles. The standard InChI is InChI=1S/C13H16ClN3O/c1-18-10-4-3-9(7-10)17-12-5-2-8(14)6-11(12)16-13(17)15/h2,5-6,9-10H,3-4,7H2,1H3,(H2,15,16). The van der Waals surface area contributed by atoms with Crippen LogP contribution in [-0.4, -0.2) is 22.8 Å². The van der Waals surface area contributed by atoms with Crippen LogP contribution in [0.3, 0.4) is 0 Å². The van der Waals surface area contributed by atoms with E-state index < -0.39 is 0 Å². The summed E-state index contributed by atoms with van der Waals surface area (Å²) in [4.78, 5) is 4.38. The number of anilines is 1. The number of fused-ring (bicyclic) bond motifs is 1. The molecule has 1 aromatic heterocycles. The largest absolute Gasteiger partial charge is 0.381 e. The Hall–Kier alpha value is -1.26. The third-order valence-corrected chi connectivity index (χ3v) is 3.97. The fourth-order valence-electron chi connectivity index (χ4n) is 2.84. The Balaban J connectivity index is 2.04. The Kier molecular flexibility index (Phi) is 2.92. The fourth-order valence-corrected chi connectivity index (χ4v) is 3.01. The van der Waals surface area contributed by atoms with E-state index in [-0.39, 0.29) is 0 Å². The Morgan fingerprint density at radius 2 is 2.28 bits per heavy atom. The second-order valence-electron chi connectivity index (χ2n) is 4.80. The first-order chi connectivity index (χ1) is 8.69. The number of rotatable bonds is 2. The lowest BCUT2D eigenvalue weighted by atomic mass is 10.2. The summed E-state index contributed by atoms with van der Waals surface area (Å²) < 4.78 is 7.53. The van der Waals surface area contributed by atoms with Crippen molar-refractivity contribution in [3.05, 3.63) is 23.2 Å². The van der Waals surface area contributed by atoms with Crippen molar-refractivity contribution in [3.8, 4) is 0 Å². The molecule has 0 spiro atoms. The van der Waals surface area contributed by atoms with Crippen LogP contribution in [0, 0.1) is 0 Å². The zero-order chi connectivity index (χ0) is 12.7. The highest BCUT2D eigenvalue weighted by Gasteiger charge is 2.28. The minimum absolute atomic E-state index is 0.333. The van der Waals surface area contributed by atoms with E-state index in [0.717, 1.165) is 30.3 Å². The molecule has 1 fully saturated rings. The Labute approximate surface area is 111 Å². The van der Waals surface area contributed by atoms with Gasteiger partial charge in [-0.05, 0) is 37.5 Å². The normalized spacial score (nSPS) is 23.9. The van der Waals surface area contributed by atoms with Gasteiger partial charge in [0.05, 0.1) is 17.1 Å². The average molecular weight is 266 g/mol. The number of nitrogen functional groups attached to an aromatic ring is 1. The molecule has 0 aliphatic heterocycles. The molecule has 0 bridgehead atoms. The SMILES string of the molecule is COC1CCC(n2c(N)nc3cc(Cl)ccc32)C1. The molecule has 4 nitrogen and oxygen atoms in total. The van der Waals surface area contributed by atoms with Gasteiger partial charge in [0, 0.05) is 18.2 Å². The number of hydrogen-bond acceptors (Lipinski definition) is 3. The van der Waals surface area contributed by atoms with E-state index in [9.17, 15) is 0 Å². The summed E-state index contributed by atoms with van der Waals surface area (Å²) in [7, 11) is 1.77. The molecule has 2 N–H and O–H groups in total. The summed E-state index contributed by atoms with van der Waals surface area (Å²) >= 11 is 5.98. The molecule has 0 saturated heterocycles. The number of halogens is 1. The number of imidazole rings is 1. The molecule has 0 radical (unpaired) electrons. The number of benzene rings is 1. The van der Waals surface area contributed by atoms with Crippen LogP contribution in [0.2, 0.25) is 5.02 Å². The number of methoxy groups -OCH3 is 1. The van der Waals surface area contributed by atoms with E-state index in [4.69, 9.17) is 22.1 Å². The quantitative estimate of drug-likeness (QED) is 0.908. The van der Waals surface area contributed by atoms with Crippen LogP contribution < -0.4 is 5.73 Å². The predicted octanol–water partition coefficient (Wildman–Crippen LogP) is 3.01. The van der Waals surface area contributed by atoms with Crippen molar-refractivity contribution in [3.63, 3.8) is 0 Å². The summed E-state index contributed by atoms with van der Waals surface area (Å²) in [6.07, 6.45) is 3.48. The van der Waals surface area contributed by atoms with Gasteiger partial charge >= 0.3 is 0 Å². The molecule has 1 aliphatic rings. The van der Waals surface area contributed by atoms with Gasteiger partial charge in [0.15, 0.2) is 0 Å². The van der Waals surface area contributed by atoms with Gasteiger partial charge in [-0.2, -0.15) is 0 Å². The molecule has 2 aromatic rings. The number of aromatic nitrogens is 2. The van der Waals surface area contributed by atoms with Crippen molar-refractivity contribution in [1.82, 2.24) is 9.55 Å². The second kappa shape index (κ2) is 4.44. The van der Waals surface area contributed by atoms with E-state index >= 15 is 0 Å². The lowest BCUT2D eigenvalue weighted by Crippen LogP contribution is -2.11. The molecule has 5 heteroatoms. The van der Waals surface area contributed by atoms with Gasteiger partial charge in [-0.25, -0.2) is 4.98 Å². The van der Waals surface area contributed by atoms with Crippen molar-refractivity contribution in [2.24, 2.45) is 0 Å². The van der Waals surface area contributed by atoms with Gasteiger partial charge in [0.25, 0.3) is 0 Å². The van der Waals surface area contributed by atoms with Crippen molar-refractivity contribution in [2.75, 3.05) is 12.8 Å². The van der Waals surface area contributed by atoms with Crippen LogP contribution in [0.1, 0.15) is 25.3 Å². The van der Waals surface area contributed by atoms with Crippen LogP contribution in [0.5, 0.6) is 0 Å². The zero-order valence-corrected chi connectivity index (χ0v) is 11.0. The van der Waals surface area contributed by atoms with Crippen molar-refractivity contribution >= 4 is 28.6 Å². The molecule has 96 valence electrons. The van der Waals surface area contributed by atoms with Gasteiger partial charge in [0.1, 0.15) is 0 Å². The third-order valence-electron chi connectivity index (χ3n) is 3.73. The van der Waals surface area contributed by atoms with Gasteiger partial charge in [-0.15, -0.1) is 0 Å². The first-order valence-corrected chi connectivity index (χ1v) is 6.52. The highest BCUT2D eigenvalue weighted by atomic mass is 35.5. The number of nitrogens with zero attached hydrogens (tertiary/aromatic N) is 2. The summed E-state index contributed by atoms with van der Waals surface area (Å²) in [6, 6.07) is 6.10. The van der Waals surface area contributed by atoms with Crippen LogP contribution >= 0.6 is 11.6 Å². The monoisotopic (exact) mass is 265 g/mol. The van der Waals surface area contributed by atoms with Crippen LogP contribution in [-0.2, 0) is 4.74 Å². The lowest BCUT2D eigenvalue weighted by molar-refractivity contribution is 0.106. The minimum Gasteiger partial charge on any atom is -0.381 e. The van der Waals surface area contributed by atoms with Crippen LogP contribution in [0.15, 0.2) is 18.2 Å². The highest BCUT2D eigenvalue weighted by Crippen LogP contribution is 2.36. The smallest absolute Gasteiger partial charge is 0.201 e. The first kappa shape index (κ1) is 11.8. The maximum absolute atomic E-state index is 6.04. The van der Waals surface area contributed by atoms with Gasteiger partial charge in [-0.3, -0.25) is 0 Å². The number of nitrogens with two attached hydrogens (primary N) is 1. The molecule has 2 unspecified atom stereocenters. The van der Waals surface area contributed by atoms with Crippen LogP contribution in [0.25, 0.3) is 11.0 Å². The minimum atomic E-state index is 0.333. The summed E-state index contributed by atoms with van der Waals surface area (Å²) in [5.74, 6) is 0.564. The van der Waals surface area contributed by atoms with Gasteiger partial charge in [0.2, 0.25) is 5.95 Å². The molecule has 1 heterocycles. The Bertz CT molecular complexity index is 581. The molecule has 1 saturated carbocycles. The maximum atomic E-state index is 6.04. The molecule has 2 atom stereocenters. The first-order valence-electron chi connectivity index (χ1n) is 6.15.